The van der Waals surface area contributed by atoms with E-state index in [4.69, 9.17) is 0 Å². The van der Waals surface area contributed by atoms with Crippen molar-refractivity contribution in [3.8, 4) is 0 Å². The summed E-state index contributed by atoms with van der Waals surface area (Å²) in [6.45, 7) is 21.1. The Morgan fingerprint density at radius 1 is 0.903 bits per heavy atom. The molecule has 0 radical (unpaired) electrons. The van der Waals surface area contributed by atoms with E-state index in [9.17, 15) is 0 Å². The molecule has 4 unspecified atom stereocenters. The van der Waals surface area contributed by atoms with Crippen LogP contribution >= 0.6 is 17.2 Å². The van der Waals surface area contributed by atoms with Crippen LogP contribution in [-0.2, 0) is 0 Å². The Labute approximate surface area is 195 Å². The first kappa shape index (κ1) is 25.8. The maximum atomic E-state index is 3.88. The maximum Gasteiger partial charge on any atom is 0.0395 e. The predicted molar refractivity (Wildman–Crippen MR) is 143 cm³/mol. The zero-order valence-electron chi connectivity index (χ0n) is 20.9. The molecule has 2 saturated heterocycles. The molecule has 0 saturated carbocycles. The van der Waals surface area contributed by atoms with Crippen molar-refractivity contribution in [2.45, 2.75) is 81.9 Å². The van der Waals surface area contributed by atoms with Crippen LogP contribution in [0.2, 0.25) is 0 Å². The van der Waals surface area contributed by atoms with Crippen LogP contribution < -0.4 is 21.3 Å². The Morgan fingerprint density at radius 2 is 1.42 bits per heavy atom. The number of piperazine rings is 2. The van der Waals surface area contributed by atoms with Gasteiger partial charge in [0.1, 0.15) is 0 Å². The van der Waals surface area contributed by atoms with Gasteiger partial charge in [0.2, 0.25) is 0 Å². The van der Waals surface area contributed by atoms with Crippen LogP contribution in [0.4, 0.5) is 0 Å². The van der Waals surface area contributed by atoms with Gasteiger partial charge < -0.3 is 21.3 Å². The Balaban J connectivity index is 1.92. The van der Waals surface area contributed by atoms with Crippen molar-refractivity contribution in [2.24, 2.45) is 5.92 Å². The number of allylic oxidation sites excluding steroid dienone is 3. The van der Waals surface area contributed by atoms with Gasteiger partial charge in [0.25, 0.3) is 0 Å². The van der Waals surface area contributed by atoms with Gasteiger partial charge in [-0.2, -0.15) is 0 Å². The van der Waals surface area contributed by atoms with E-state index in [2.05, 4.69) is 90.3 Å². The highest BCUT2D eigenvalue weighted by atomic mass is 31.1. The largest absolute Gasteiger partial charge is 0.314 e. The number of hydrogen-bond acceptors (Lipinski definition) is 4. The molecule has 2 aliphatic heterocycles. The van der Waals surface area contributed by atoms with Crippen LogP contribution in [0.1, 0.15) is 54.4 Å². The summed E-state index contributed by atoms with van der Waals surface area (Å²) in [5.74, 6) is 0.535. The van der Waals surface area contributed by atoms with E-state index in [1.54, 1.807) is 5.57 Å². The van der Waals surface area contributed by atoms with E-state index < -0.39 is 0 Å². The van der Waals surface area contributed by atoms with Crippen molar-refractivity contribution in [1.82, 2.24) is 21.3 Å². The molecule has 0 aromatic heterocycles. The SMILES string of the molecule is CCC(C)(C)P(CC1C=CC=C1C(P)(C1CNCCN1)C1CNCCN1)C(C)(C)CC. The van der Waals surface area contributed by atoms with Gasteiger partial charge in [-0.1, -0.05) is 67.7 Å². The molecule has 0 spiro atoms. The molecule has 0 bridgehead atoms. The molecular weight excluding hydrogens is 418 g/mol. The lowest BCUT2D eigenvalue weighted by atomic mass is 9.78. The normalized spacial score (nSPS) is 29.8. The highest BCUT2D eigenvalue weighted by Gasteiger charge is 2.49. The van der Waals surface area contributed by atoms with Gasteiger partial charge in [0.05, 0.1) is 0 Å². The van der Waals surface area contributed by atoms with Crippen molar-refractivity contribution < 1.29 is 0 Å². The molecule has 3 rings (SSSR count). The van der Waals surface area contributed by atoms with E-state index in [0.29, 0.717) is 28.3 Å². The molecule has 2 fully saturated rings. The summed E-state index contributed by atoms with van der Waals surface area (Å²) in [5.41, 5.74) is 1.62. The van der Waals surface area contributed by atoms with Crippen LogP contribution in [0.15, 0.2) is 23.8 Å². The minimum atomic E-state index is -0.140. The fourth-order valence-electron chi connectivity index (χ4n) is 5.66. The molecular formula is C25H48N4P2. The third kappa shape index (κ3) is 5.47. The first-order valence-electron chi connectivity index (χ1n) is 12.5. The van der Waals surface area contributed by atoms with Gasteiger partial charge >= 0.3 is 0 Å². The zero-order chi connectivity index (χ0) is 22.7. The number of hydrogen-bond donors (Lipinski definition) is 4. The Bertz CT molecular complexity index is 612. The standard InChI is InChI=1S/C25H48N4P2/c1-7-23(3,4)31(24(5,6)8-2)18-19-10-9-11-20(19)25(30,21-16-26-12-14-28-21)22-17-27-13-15-29-22/h9-11,19,21-22,26-29H,7-8,12-18,30H2,1-6H3. The second-order valence-electron chi connectivity index (χ2n) is 10.9. The van der Waals surface area contributed by atoms with Crippen molar-refractivity contribution in [1.29, 1.82) is 0 Å². The summed E-state index contributed by atoms with van der Waals surface area (Å²) >= 11 is 0. The molecule has 6 heteroatoms. The summed E-state index contributed by atoms with van der Waals surface area (Å²) in [4.78, 5) is 0. The summed E-state index contributed by atoms with van der Waals surface area (Å²) in [6, 6.07) is 0.837. The molecule has 2 heterocycles. The third-order valence-corrected chi connectivity index (χ3v) is 13.8. The first-order chi connectivity index (χ1) is 14.7. The molecule has 0 aromatic rings. The zero-order valence-corrected chi connectivity index (χ0v) is 22.9. The molecule has 31 heavy (non-hydrogen) atoms. The highest BCUT2D eigenvalue weighted by Crippen LogP contribution is 2.64. The third-order valence-electron chi connectivity index (χ3n) is 8.32. The topological polar surface area (TPSA) is 48.1 Å². The van der Waals surface area contributed by atoms with Gasteiger partial charge in [0, 0.05) is 62.4 Å². The fourth-order valence-corrected chi connectivity index (χ4v) is 10.5. The lowest BCUT2D eigenvalue weighted by molar-refractivity contribution is 0.273. The van der Waals surface area contributed by atoms with Crippen molar-refractivity contribution in [3.63, 3.8) is 0 Å². The average molecular weight is 467 g/mol. The summed E-state index contributed by atoms with van der Waals surface area (Å²) in [7, 11) is 3.22. The lowest BCUT2D eigenvalue weighted by Gasteiger charge is -2.51. The molecule has 0 amide bonds. The van der Waals surface area contributed by atoms with Gasteiger partial charge in [0.15, 0.2) is 0 Å². The molecule has 4 nitrogen and oxygen atoms in total. The highest BCUT2D eigenvalue weighted by molar-refractivity contribution is 7.60. The van der Waals surface area contributed by atoms with Crippen molar-refractivity contribution >= 4 is 17.2 Å². The van der Waals surface area contributed by atoms with E-state index in [-0.39, 0.29) is 13.1 Å². The van der Waals surface area contributed by atoms with Crippen molar-refractivity contribution in [3.05, 3.63) is 23.8 Å². The van der Waals surface area contributed by atoms with Crippen LogP contribution in [0.3, 0.4) is 0 Å². The second-order valence-corrected chi connectivity index (χ2v) is 15.5. The van der Waals surface area contributed by atoms with E-state index in [1.165, 1.54) is 19.0 Å². The Kier molecular flexibility index (Phi) is 8.84. The fraction of sp³-hybridized carbons (Fsp3) is 0.840. The molecule has 178 valence electrons. The molecule has 4 N–H and O–H groups in total. The lowest BCUT2D eigenvalue weighted by Crippen LogP contribution is -2.69. The Morgan fingerprint density at radius 3 is 1.84 bits per heavy atom. The monoisotopic (exact) mass is 466 g/mol. The molecule has 0 aromatic carbocycles. The maximum absolute atomic E-state index is 3.88. The van der Waals surface area contributed by atoms with E-state index >= 15 is 0 Å². The summed E-state index contributed by atoms with van der Waals surface area (Å²) < 4.78 is 0. The molecule has 3 aliphatic rings. The summed E-state index contributed by atoms with van der Waals surface area (Å²) in [6.07, 6.45) is 11.1. The smallest absolute Gasteiger partial charge is 0.0395 e. The molecule has 1 aliphatic carbocycles. The molecule has 4 atom stereocenters. The van der Waals surface area contributed by atoms with Crippen molar-refractivity contribution in [2.75, 3.05) is 45.4 Å². The Hall–Kier alpha value is 0.180. The van der Waals surface area contributed by atoms with E-state index in [0.717, 1.165) is 39.3 Å². The minimum absolute atomic E-state index is 0.00270. The minimum Gasteiger partial charge on any atom is -0.314 e. The van der Waals surface area contributed by atoms with Gasteiger partial charge in [-0.3, -0.25) is 0 Å². The van der Waals surface area contributed by atoms with Crippen LogP contribution in [0.5, 0.6) is 0 Å². The van der Waals surface area contributed by atoms with Gasteiger partial charge in [-0.05, 0) is 34.9 Å². The van der Waals surface area contributed by atoms with Crippen LogP contribution in [-0.4, -0.2) is 73.0 Å². The van der Waals surface area contributed by atoms with Crippen LogP contribution in [0.25, 0.3) is 0 Å². The quantitative estimate of drug-likeness (QED) is 0.392. The van der Waals surface area contributed by atoms with Gasteiger partial charge in [-0.15, -0.1) is 9.24 Å². The van der Waals surface area contributed by atoms with Crippen LogP contribution in [0, 0.1) is 5.92 Å². The number of nitrogens with one attached hydrogen (secondary N) is 4. The number of rotatable bonds is 9. The average Bonchev–Trinajstić information content (AvgIpc) is 3.27. The first-order valence-corrected chi connectivity index (χ1v) is 14.6. The second kappa shape index (κ2) is 10.6. The van der Waals surface area contributed by atoms with Gasteiger partial charge in [-0.25, -0.2) is 0 Å². The van der Waals surface area contributed by atoms with E-state index in [1.807, 2.05) is 0 Å². The summed E-state index contributed by atoms with van der Waals surface area (Å²) in [5, 5.41) is 15.9. The predicted octanol–water partition coefficient (Wildman–Crippen LogP) is 3.69.